The van der Waals surface area contributed by atoms with Gasteiger partial charge in [-0.2, -0.15) is 0 Å². The summed E-state index contributed by atoms with van der Waals surface area (Å²) in [5, 5.41) is 0. The van der Waals surface area contributed by atoms with Crippen molar-refractivity contribution in [2.45, 2.75) is 25.7 Å². The Morgan fingerprint density at radius 3 is 2.45 bits per heavy atom. The minimum Gasteiger partial charge on any atom is -0.357 e. The third-order valence-corrected chi connectivity index (χ3v) is 4.21. The third-order valence-electron chi connectivity index (χ3n) is 3.95. The van der Waals surface area contributed by atoms with Crippen LogP contribution in [0.2, 0.25) is 0 Å². The molecule has 4 heteroatoms. The molecular weight excluding hydrogens is 261 g/mol. The minimum atomic E-state index is 0.686. The normalized spacial score (nSPS) is 16.4. The Labute approximate surface area is 128 Å². The summed E-state index contributed by atoms with van der Waals surface area (Å²) in [6.07, 6.45) is 2.39. The fraction of sp³-hybridized carbons (Fsp3) is 0.375. The van der Waals surface area contributed by atoms with E-state index in [9.17, 15) is 0 Å². The van der Waals surface area contributed by atoms with Crippen molar-refractivity contribution in [3.05, 3.63) is 47.7 Å². The van der Waals surface area contributed by atoms with Gasteiger partial charge in [0, 0.05) is 29.5 Å². The van der Waals surface area contributed by atoms with E-state index in [1.54, 1.807) is 0 Å². The number of hydrogen-bond acceptors (Lipinski definition) is 3. The molecule has 2 radical (unpaired) electrons. The monoisotopic (exact) mass is 279 g/mol. The molecule has 1 fully saturated rings. The van der Waals surface area contributed by atoms with Gasteiger partial charge in [-0.25, -0.2) is 4.98 Å². The van der Waals surface area contributed by atoms with E-state index in [0.717, 1.165) is 29.3 Å². The number of aromatic nitrogens is 2. The molecule has 1 aromatic carbocycles. The summed E-state index contributed by atoms with van der Waals surface area (Å²) in [6, 6.07) is 12.9. The van der Waals surface area contributed by atoms with Gasteiger partial charge in [0.25, 0.3) is 0 Å². The molecule has 2 aromatic rings. The van der Waals surface area contributed by atoms with E-state index in [1.165, 1.54) is 18.4 Å². The van der Waals surface area contributed by atoms with Crippen molar-refractivity contribution in [1.29, 1.82) is 0 Å². The van der Waals surface area contributed by atoms with Crippen LogP contribution >= 0.6 is 0 Å². The summed E-state index contributed by atoms with van der Waals surface area (Å²) in [5.41, 5.74) is 2.50. The molecule has 1 aromatic heterocycles. The number of hydrogen-bond donors (Lipinski definition) is 0. The zero-order valence-corrected chi connectivity index (χ0v) is 12.9. The van der Waals surface area contributed by atoms with Gasteiger partial charge in [-0.15, -0.1) is 0 Å². The molecule has 100 valence electrons. The smallest absolute Gasteiger partial charge is 0.244 e. The van der Waals surface area contributed by atoms with E-state index in [4.69, 9.17) is 0 Å². The first-order chi connectivity index (χ1) is 9.72. The number of benzene rings is 1. The average molecular weight is 279 g/mol. The Bertz CT molecular complexity index is 557. The quantitative estimate of drug-likeness (QED) is 0.787. The van der Waals surface area contributed by atoms with Gasteiger partial charge in [0.2, 0.25) is 16.3 Å². The van der Waals surface area contributed by atoms with Crippen molar-refractivity contribution in [3.63, 3.8) is 0 Å². The Morgan fingerprint density at radius 1 is 1.10 bits per heavy atom. The molecule has 0 bridgehead atoms. The summed E-state index contributed by atoms with van der Waals surface area (Å²) in [4.78, 5) is 11.2. The van der Waals surface area contributed by atoms with Gasteiger partial charge in [-0.1, -0.05) is 30.3 Å². The van der Waals surface area contributed by atoms with Gasteiger partial charge in [0.05, 0.1) is 0 Å². The van der Waals surface area contributed by atoms with Crippen LogP contribution in [0.15, 0.2) is 36.4 Å². The summed E-state index contributed by atoms with van der Waals surface area (Å²) >= 11 is 2.59. The lowest BCUT2D eigenvalue weighted by Gasteiger charge is -2.33. The number of nitrogens with zero attached hydrogens (tertiary/aromatic N) is 3. The van der Waals surface area contributed by atoms with E-state index < -0.39 is 0 Å². The number of piperidine rings is 1. The molecular formula is C16H18AlN3. The molecule has 1 aliphatic rings. The topological polar surface area (TPSA) is 29.0 Å². The zero-order chi connectivity index (χ0) is 13.9. The van der Waals surface area contributed by atoms with E-state index in [0.29, 0.717) is 5.92 Å². The third kappa shape index (κ3) is 3.03. The maximum absolute atomic E-state index is 4.53. The predicted molar refractivity (Wildman–Crippen MR) is 82.8 cm³/mol. The molecule has 0 aliphatic carbocycles. The van der Waals surface area contributed by atoms with Crippen molar-refractivity contribution in [2.24, 2.45) is 0 Å². The molecule has 0 amide bonds. The van der Waals surface area contributed by atoms with E-state index in [-0.39, 0.29) is 0 Å². The summed E-state index contributed by atoms with van der Waals surface area (Å²) in [7, 11) is 0. The molecule has 20 heavy (non-hydrogen) atoms. The second kappa shape index (κ2) is 5.95. The van der Waals surface area contributed by atoms with E-state index in [1.807, 2.05) is 6.92 Å². The van der Waals surface area contributed by atoms with E-state index in [2.05, 4.69) is 67.6 Å². The van der Waals surface area contributed by atoms with Crippen LogP contribution in [-0.2, 0) is 0 Å². The molecule has 0 atom stereocenters. The van der Waals surface area contributed by atoms with Crippen LogP contribution in [0.4, 0.5) is 5.82 Å². The van der Waals surface area contributed by atoms with Crippen LogP contribution in [-0.4, -0.2) is 39.3 Å². The highest BCUT2D eigenvalue weighted by atomic mass is 27.0. The van der Waals surface area contributed by atoms with Crippen molar-refractivity contribution in [1.82, 2.24) is 9.97 Å². The molecule has 1 aliphatic heterocycles. The van der Waals surface area contributed by atoms with Crippen LogP contribution in [0.1, 0.15) is 30.0 Å². The number of aryl methyl sites for hydroxylation is 1. The largest absolute Gasteiger partial charge is 0.357 e. The first-order valence-corrected chi connectivity index (χ1v) is 7.71. The highest BCUT2D eigenvalue weighted by Gasteiger charge is 2.21. The molecule has 2 heterocycles. The minimum absolute atomic E-state index is 0.686. The van der Waals surface area contributed by atoms with Crippen molar-refractivity contribution < 1.29 is 0 Å². The lowest BCUT2D eigenvalue weighted by Crippen LogP contribution is -2.35. The summed E-state index contributed by atoms with van der Waals surface area (Å²) in [5.74, 6) is 1.75. The highest BCUT2D eigenvalue weighted by molar-refractivity contribution is 6.29. The first-order valence-electron chi connectivity index (χ1n) is 7.13. The SMILES string of the molecule is Cc1cc(N2CCC(c3ccccc3)CC2)n[c]([Al])n1. The lowest BCUT2D eigenvalue weighted by molar-refractivity contribution is 0.502. The van der Waals surface area contributed by atoms with E-state index >= 15 is 0 Å². The van der Waals surface area contributed by atoms with Gasteiger partial charge in [0.15, 0.2) is 0 Å². The van der Waals surface area contributed by atoms with Crippen molar-refractivity contribution in [3.8, 4) is 0 Å². The van der Waals surface area contributed by atoms with Crippen LogP contribution in [0.3, 0.4) is 0 Å². The van der Waals surface area contributed by atoms with Gasteiger partial charge < -0.3 is 4.90 Å². The molecule has 3 rings (SSSR count). The van der Waals surface area contributed by atoms with Crippen molar-refractivity contribution in [2.75, 3.05) is 18.0 Å². The Hall–Kier alpha value is -1.37. The van der Waals surface area contributed by atoms with Gasteiger partial charge in [-0.3, -0.25) is 4.98 Å². The van der Waals surface area contributed by atoms with Crippen LogP contribution in [0.5, 0.6) is 0 Å². The predicted octanol–water partition coefficient (Wildman–Crippen LogP) is 1.96. The number of anilines is 1. The molecule has 3 nitrogen and oxygen atoms in total. The number of rotatable bonds is 2. The van der Waals surface area contributed by atoms with Crippen molar-refractivity contribution >= 4 is 26.8 Å². The molecule has 0 unspecified atom stereocenters. The lowest BCUT2D eigenvalue weighted by atomic mass is 9.89. The summed E-state index contributed by atoms with van der Waals surface area (Å²) < 4.78 is 0.783. The Morgan fingerprint density at radius 2 is 1.80 bits per heavy atom. The fourth-order valence-corrected chi connectivity index (χ4v) is 3.24. The standard InChI is InChI=1S/C16H18N3.Al/c1-13-11-16(18-12-17-13)19-9-7-15(8-10-19)14-5-3-2-4-6-14;/h2-6,11,15H,7-10H2,1H3;. The molecule has 0 spiro atoms. The van der Waals surface area contributed by atoms with Gasteiger partial charge >= 0.3 is 0 Å². The second-order valence-corrected chi connectivity index (χ2v) is 5.91. The Kier molecular flexibility index (Phi) is 4.05. The highest BCUT2D eigenvalue weighted by Crippen LogP contribution is 2.29. The summed E-state index contributed by atoms with van der Waals surface area (Å²) in [6.45, 7) is 4.16. The van der Waals surface area contributed by atoms with Crippen LogP contribution < -0.4 is 9.59 Å². The Balaban J connectivity index is 1.69. The van der Waals surface area contributed by atoms with Crippen LogP contribution in [0, 0.1) is 6.92 Å². The molecule has 0 saturated carbocycles. The molecule has 0 N–H and O–H groups in total. The van der Waals surface area contributed by atoms with Crippen LogP contribution in [0.25, 0.3) is 0 Å². The zero-order valence-electron chi connectivity index (χ0n) is 11.8. The van der Waals surface area contributed by atoms with Gasteiger partial charge in [-0.05, 0) is 31.2 Å². The van der Waals surface area contributed by atoms with Gasteiger partial charge in [0.1, 0.15) is 5.82 Å². The fourth-order valence-electron chi connectivity index (χ4n) is 2.90. The maximum atomic E-state index is 4.53. The average Bonchev–Trinajstić information content (AvgIpc) is 2.47. The maximum Gasteiger partial charge on any atom is 0.244 e. The first kappa shape index (κ1) is 13.6. The molecule has 1 saturated heterocycles. The second-order valence-electron chi connectivity index (χ2n) is 5.40.